The van der Waals surface area contributed by atoms with Gasteiger partial charge >= 0.3 is 0 Å². The van der Waals surface area contributed by atoms with E-state index in [9.17, 15) is 4.21 Å². The molecule has 0 heterocycles. The van der Waals surface area contributed by atoms with Gasteiger partial charge in [0.05, 0.1) is 4.90 Å². The third-order valence-electron chi connectivity index (χ3n) is 1.92. The lowest BCUT2D eigenvalue weighted by Gasteiger charge is -1.98. The van der Waals surface area contributed by atoms with E-state index < -0.39 is 11.1 Å². The second-order valence-corrected chi connectivity index (χ2v) is 3.73. The van der Waals surface area contributed by atoms with Crippen molar-refractivity contribution in [2.24, 2.45) is 0 Å². The van der Waals surface area contributed by atoms with Crippen molar-refractivity contribution in [1.82, 2.24) is 0 Å². The highest BCUT2D eigenvalue weighted by Gasteiger charge is 1.99. The molecule has 4 heteroatoms. The maximum atomic E-state index is 10.8. The maximum Gasteiger partial charge on any atom is 0.186 e. The van der Waals surface area contributed by atoms with Crippen LogP contribution in [0.3, 0.4) is 0 Å². The van der Waals surface area contributed by atoms with E-state index in [4.69, 9.17) is 9.35 Å². The van der Waals surface area contributed by atoms with Crippen LogP contribution in [0.15, 0.2) is 47.4 Å². The minimum Gasteiger partial charge on any atom is -0.307 e. The lowest BCUT2D eigenvalue weighted by atomic mass is 10.1. The number of hydrogen-bond acceptors (Lipinski definition) is 2. The first-order valence-corrected chi connectivity index (χ1v) is 5.26. The Balaban J connectivity index is 0.000000531. The van der Waals surface area contributed by atoms with Crippen molar-refractivity contribution in [3.63, 3.8) is 0 Å². The van der Waals surface area contributed by atoms with E-state index in [2.05, 4.69) is 0 Å². The van der Waals surface area contributed by atoms with E-state index in [1.54, 1.807) is 12.1 Å². The molecule has 0 spiro atoms. The molecule has 0 bridgehead atoms. The summed E-state index contributed by atoms with van der Waals surface area (Å²) in [6.45, 7) is 2.00. The van der Waals surface area contributed by atoms with E-state index in [0.29, 0.717) is 4.90 Å². The Labute approximate surface area is 90.0 Å². The molecule has 0 saturated carbocycles. The average molecular weight is 222 g/mol. The molecular formula is C11H10O3S. The van der Waals surface area contributed by atoms with Crippen molar-refractivity contribution >= 4 is 28.6 Å². The molecule has 2 rings (SSSR count). The molecule has 0 aliphatic carbocycles. The van der Waals surface area contributed by atoms with E-state index in [1.807, 2.05) is 37.1 Å². The van der Waals surface area contributed by atoms with Crippen molar-refractivity contribution in [3.05, 3.63) is 42.5 Å². The standard InChI is InChI=1S/C10H8O2S.CH2O/c11-13(12)10-6-5-8-3-1-2-4-9(8)7-10;1-2/h1-7H,(H,11,12);1H2. The Morgan fingerprint density at radius 3 is 2.20 bits per heavy atom. The van der Waals surface area contributed by atoms with Gasteiger partial charge in [-0.15, -0.1) is 0 Å². The molecule has 3 nitrogen and oxygen atoms in total. The molecule has 1 atom stereocenters. The molecule has 2 aromatic rings. The number of hydrogen-bond donors (Lipinski definition) is 1. The van der Waals surface area contributed by atoms with Gasteiger partial charge in [-0.2, -0.15) is 0 Å². The monoisotopic (exact) mass is 222 g/mol. The van der Waals surface area contributed by atoms with Crippen LogP contribution in [-0.4, -0.2) is 15.6 Å². The molecule has 0 aliphatic heterocycles. The van der Waals surface area contributed by atoms with Crippen molar-refractivity contribution < 1.29 is 13.6 Å². The second kappa shape index (κ2) is 5.38. The predicted molar refractivity (Wildman–Crippen MR) is 60.1 cm³/mol. The summed E-state index contributed by atoms with van der Waals surface area (Å²) in [7, 11) is 0. The first-order chi connectivity index (χ1) is 7.27. The molecule has 0 aromatic heterocycles. The van der Waals surface area contributed by atoms with Crippen LogP contribution in [-0.2, 0) is 15.9 Å². The average Bonchev–Trinajstić information content (AvgIpc) is 2.31. The fourth-order valence-corrected chi connectivity index (χ4v) is 1.69. The molecule has 0 fully saturated rings. The van der Waals surface area contributed by atoms with Gasteiger partial charge in [0, 0.05) is 0 Å². The summed E-state index contributed by atoms with van der Waals surface area (Å²) in [4.78, 5) is 8.44. The van der Waals surface area contributed by atoms with Gasteiger partial charge in [0.25, 0.3) is 0 Å². The molecule has 0 aliphatic rings. The highest BCUT2D eigenvalue weighted by atomic mass is 32.2. The van der Waals surface area contributed by atoms with Crippen molar-refractivity contribution in [2.75, 3.05) is 0 Å². The molecule has 0 saturated heterocycles. The van der Waals surface area contributed by atoms with Gasteiger partial charge in [-0.3, -0.25) is 0 Å². The highest BCUT2D eigenvalue weighted by molar-refractivity contribution is 7.79. The van der Waals surface area contributed by atoms with Crippen molar-refractivity contribution in [1.29, 1.82) is 0 Å². The Hall–Kier alpha value is -1.52. The molecule has 15 heavy (non-hydrogen) atoms. The Morgan fingerprint density at radius 1 is 1.00 bits per heavy atom. The maximum absolute atomic E-state index is 10.8. The van der Waals surface area contributed by atoms with Crippen LogP contribution in [0.5, 0.6) is 0 Å². The van der Waals surface area contributed by atoms with Crippen LogP contribution >= 0.6 is 0 Å². The number of rotatable bonds is 1. The SMILES string of the molecule is C=O.O=S(O)c1ccc2ccccc2c1. The normalized spacial score (nSPS) is 11.5. The molecule has 0 radical (unpaired) electrons. The van der Waals surface area contributed by atoms with Crippen LogP contribution in [0.1, 0.15) is 0 Å². The van der Waals surface area contributed by atoms with Gasteiger partial charge in [-0.1, -0.05) is 30.3 Å². The molecule has 2 aromatic carbocycles. The molecule has 1 unspecified atom stereocenters. The van der Waals surface area contributed by atoms with Gasteiger partial charge < -0.3 is 9.35 Å². The highest BCUT2D eigenvalue weighted by Crippen LogP contribution is 2.16. The first-order valence-electron chi connectivity index (χ1n) is 4.16. The summed E-state index contributed by atoms with van der Waals surface area (Å²) in [6.07, 6.45) is 0. The van der Waals surface area contributed by atoms with Gasteiger partial charge in [-0.25, -0.2) is 4.21 Å². The first kappa shape index (κ1) is 11.6. The fourth-order valence-electron chi connectivity index (χ4n) is 1.28. The quantitative estimate of drug-likeness (QED) is 0.753. The second-order valence-electron chi connectivity index (χ2n) is 2.76. The largest absolute Gasteiger partial charge is 0.307 e. The third-order valence-corrected chi connectivity index (χ3v) is 2.58. The number of fused-ring (bicyclic) bond motifs is 1. The van der Waals surface area contributed by atoms with Gasteiger partial charge in [0.1, 0.15) is 6.79 Å². The van der Waals surface area contributed by atoms with Crippen LogP contribution in [0.25, 0.3) is 10.8 Å². The van der Waals surface area contributed by atoms with Crippen molar-refractivity contribution in [2.45, 2.75) is 4.90 Å². The number of carbonyl (C=O) groups is 1. The van der Waals surface area contributed by atoms with E-state index in [-0.39, 0.29) is 0 Å². The Morgan fingerprint density at radius 2 is 1.60 bits per heavy atom. The van der Waals surface area contributed by atoms with Gasteiger partial charge in [-0.05, 0) is 22.9 Å². The molecule has 78 valence electrons. The lowest BCUT2D eigenvalue weighted by Crippen LogP contribution is -1.87. The number of benzene rings is 2. The third kappa shape index (κ3) is 2.71. The summed E-state index contributed by atoms with van der Waals surface area (Å²) in [6, 6.07) is 13.0. The van der Waals surface area contributed by atoms with Crippen LogP contribution < -0.4 is 0 Å². The zero-order valence-electron chi connectivity index (χ0n) is 7.92. The lowest BCUT2D eigenvalue weighted by molar-refractivity contribution is -0.0979. The summed E-state index contributed by atoms with van der Waals surface area (Å²) in [5, 5.41) is 2.07. The fraction of sp³-hybridized carbons (Fsp3) is 0. The molecular weight excluding hydrogens is 212 g/mol. The van der Waals surface area contributed by atoms with Crippen LogP contribution in [0, 0.1) is 0 Å². The predicted octanol–water partition coefficient (Wildman–Crippen LogP) is 2.24. The summed E-state index contributed by atoms with van der Waals surface area (Å²) < 4.78 is 19.6. The Kier molecular flexibility index (Phi) is 4.15. The Bertz CT molecular complexity index is 482. The summed E-state index contributed by atoms with van der Waals surface area (Å²) in [5.74, 6) is 0. The zero-order chi connectivity index (χ0) is 11.3. The summed E-state index contributed by atoms with van der Waals surface area (Å²) in [5.41, 5.74) is 0. The zero-order valence-corrected chi connectivity index (χ0v) is 8.74. The molecule has 1 N–H and O–H groups in total. The van der Waals surface area contributed by atoms with Crippen molar-refractivity contribution in [3.8, 4) is 0 Å². The minimum atomic E-state index is -1.88. The number of carbonyl (C=O) groups excluding carboxylic acids is 1. The van der Waals surface area contributed by atoms with Crippen LogP contribution in [0.2, 0.25) is 0 Å². The minimum absolute atomic E-state index is 0.443. The van der Waals surface area contributed by atoms with E-state index >= 15 is 0 Å². The van der Waals surface area contributed by atoms with E-state index in [1.165, 1.54) is 0 Å². The van der Waals surface area contributed by atoms with Gasteiger partial charge in [0.15, 0.2) is 11.1 Å². The smallest absolute Gasteiger partial charge is 0.186 e. The summed E-state index contributed by atoms with van der Waals surface area (Å²) >= 11 is -1.88. The van der Waals surface area contributed by atoms with Crippen LogP contribution in [0.4, 0.5) is 0 Å². The van der Waals surface area contributed by atoms with E-state index in [0.717, 1.165) is 10.8 Å². The topological polar surface area (TPSA) is 54.4 Å². The molecule has 0 amide bonds. The van der Waals surface area contributed by atoms with Gasteiger partial charge in [0.2, 0.25) is 0 Å².